The molecule has 1 saturated heterocycles. The van der Waals surface area contributed by atoms with Crippen LogP contribution in [0, 0.1) is 5.92 Å². The van der Waals surface area contributed by atoms with Gasteiger partial charge in [0, 0.05) is 31.9 Å². The van der Waals surface area contributed by atoms with Gasteiger partial charge in [0.25, 0.3) is 0 Å². The van der Waals surface area contributed by atoms with Crippen molar-refractivity contribution in [2.24, 2.45) is 5.92 Å². The van der Waals surface area contributed by atoms with E-state index in [2.05, 4.69) is 16.0 Å². The van der Waals surface area contributed by atoms with Gasteiger partial charge in [-0.15, -0.1) is 0 Å². The highest BCUT2D eigenvalue weighted by atomic mass is 16.6. The molecule has 8 nitrogen and oxygen atoms in total. The molecule has 0 atom stereocenters. The molecule has 1 heterocycles. The highest BCUT2D eigenvalue weighted by Crippen LogP contribution is 2.18. The number of alkyl carbamates (subject to hydrolysis) is 1. The third-order valence-corrected chi connectivity index (χ3v) is 4.33. The Morgan fingerprint density at radius 1 is 1.03 bits per heavy atom. The summed E-state index contributed by atoms with van der Waals surface area (Å²) in [5.41, 5.74) is 0.935. The fraction of sp³-hybridized carbons (Fsp3) is 0.571. The van der Waals surface area contributed by atoms with E-state index in [0.717, 1.165) is 31.6 Å². The molecule has 0 bridgehead atoms. The van der Waals surface area contributed by atoms with E-state index < -0.39 is 11.7 Å². The number of carbonyl (C=O) groups excluding carboxylic acids is 3. The van der Waals surface area contributed by atoms with E-state index in [-0.39, 0.29) is 18.4 Å². The minimum atomic E-state index is -0.639. The number of rotatable bonds is 7. The number of benzene rings is 1. The number of hydrogen-bond acceptors (Lipinski definition) is 5. The van der Waals surface area contributed by atoms with Crippen LogP contribution in [0.1, 0.15) is 45.6 Å². The lowest BCUT2D eigenvalue weighted by Gasteiger charge is -2.21. The van der Waals surface area contributed by atoms with Crippen LogP contribution in [0.5, 0.6) is 0 Å². The molecule has 160 valence electrons. The van der Waals surface area contributed by atoms with Crippen molar-refractivity contribution in [1.82, 2.24) is 10.6 Å². The molecule has 29 heavy (non-hydrogen) atoms. The molecule has 8 heteroatoms. The van der Waals surface area contributed by atoms with Crippen molar-refractivity contribution in [2.75, 3.05) is 25.1 Å². The van der Waals surface area contributed by atoms with Crippen LogP contribution < -0.4 is 16.0 Å². The summed E-state index contributed by atoms with van der Waals surface area (Å²) in [5.74, 6) is 0.0893. The number of amides is 3. The molecular formula is C21H31N3O5. The minimum Gasteiger partial charge on any atom is -0.444 e. The van der Waals surface area contributed by atoms with Crippen molar-refractivity contribution in [3.63, 3.8) is 0 Å². The Bertz CT molecular complexity index is 691. The zero-order chi connectivity index (χ0) is 21.3. The van der Waals surface area contributed by atoms with Gasteiger partial charge in [-0.2, -0.15) is 0 Å². The quantitative estimate of drug-likeness (QED) is 0.647. The van der Waals surface area contributed by atoms with Crippen molar-refractivity contribution < 1.29 is 23.9 Å². The first-order chi connectivity index (χ1) is 13.7. The third kappa shape index (κ3) is 9.43. The molecule has 0 spiro atoms. The fourth-order valence-corrected chi connectivity index (χ4v) is 2.86. The van der Waals surface area contributed by atoms with E-state index in [0.29, 0.717) is 24.6 Å². The Kier molecular flexibility index (Phi) is 8.45. The SMILES string of the molecule is CC(C)(C)OC(=O)NCC(=O)Nc1ccc(CNC(=O)CC2CCOCC2)cc1. The number of carbonyl (C=O) groups is 3. The Hall–Kier alpha value is -2.61. The number of nitrogens with one attached hydrogen (secondary N) is 3. The van der Waals surface area contributed by atoms with Crippen LogP contribution in [0.25, 0.3) is 0 Å². The maximum absolute atomic E-state index is 12.1. The highest BCUT2D eigenvalue weighted by molar-refractivity contribution is 5.93. The monoisotopic (exact) mass is 405 g/mol. The van der Waals surface area contributed by atoms with Crippen LogP contribution in [0.2, 0.25) is 0 Å². The summed E-state index contributed by atoms with van der Waals surface area (Å²) >= 11 is 0. The predicted molar refractivity (Wildman–Crippen MR) is 109 cm³/mol. The van der Waals surface area contributed by atoms with Crippen LogP contribution in [0.3, 0.4) is 0 Å². The maximum Gasteiger partial charge on any atom is 0.408 e. The van der Waals surface area contributed by atoms with Gasteiger partial charge in [0.2, 0.25) is 11.8 Å². The Morgan fingerprint density at radius 3 is 2.31 bits per heavy atom. The van der Waals surface area contributed by atoms with Gasteiger partial charge in [-0.3, -0.25) is 9.59 Å². The second-order valence-electron chi connectivity index (χ2n) is 8.14. The summed E-state index contributed by atoms with van der Waals surface area (Å²) in [6.45, 7) is 6.98. The van der Waals surface area contributed by atoms with Crippen molar-refractivity contribution in [3.05, 3.63) is 29.8 Å². The number of ether oxygens (including phenoxy) is 2. The van der Waals surface area contributed by atoms with Gasteiger partial charge in [-0.25, -0.2) is 4.79 Å². The second kappa shape index (κ2) is 10.8. The van der Waals surface area contributed by atoms with Gasteiger partial charge < -0.3 is 25.4 Å². The molecule has 3 N–H and O–H groups in total. The topological polar surface area (TPSA) is 106 Å². The largest absolute Gasteiger partial charge is 0.444 e. The van der Waals surface area contributed by atoms with Gasteiger partial charge in [0.15, 0.2) is 0 Å². The van der Waals surface area contributed by atoms with E-state index in [1.807, 2.05) is 12.1 Å². The molecule has 0 unspecified atom stereocenters. The van der Waals surface area contributed by atoms with Crippen LogP contribution in [0.15, 0.2) is 24.3 Å². The van der Waals surface area contributed by atoms with Crippen LogP contribution >= 0.6 is 0 Å². The zero-order valence-corrected chi connectivity index (χ0v) is 17.4. The average molecular weight is 405 g/mol. The lowest BCUT2D eigenvalue weighted by Crippen LogP contribution is -2.37. The molecule has 0 aliphatic carbocycles. The van der Waals surface area contributed by atoms with Gasteiger partial charge >= 0.3 is 6.09 Å². The van der Waals surface area contributed by atoms with Gasteiger partial charge in [0.05, 0.1) is 0 Å². The van der Waals surface area contributed by atoms with E-state index >= 15 is 0 Å². The fourth-order valence-electron chi connectivity index (χ4n) is 2.86. The summed E-state index contributed by atoms with van der Waals surface area (Å²) in [5, 5.41) is 8.04. The summed E-state index contributed by atoms with van der Waals surface area (Å²) in [6.07, 6.45) is 1.76. The lowest BCUT2D eigenvalue weighted by molar-refractivity contribution is -0.122. The number of anilines is 1. The second-order valence-corrected chi connectivity index (χ2v) is 8.14. The molecule has 2 rings (SSSR count). The molecule has 1 fully saturated rings. The predicted octanol–water partition coefficient (Wildman–Crippen LogP) is 2.58. The van der Waals surface area contributed by atoms with Crippen molar-refractivity contribution in [2.45, 2.75) is 52.2 Å². The van der Waals surface area contributed by atoms with Gasteiger partial charge in [-0.05, 0) is 57.2 Å². The molecule has 1 aliphatic rings. The summed E-state index contributed by atoms with van der Waals surface area (Å²) in [4.78, 5) is 35.5. The van der Waals surface area contributed by atoms with Gasteiger partial charge in [-0.1, -0.05) is 12.1 Å². The maximum atomic E-state index is 12.1. The first kappa shape index (κ1) is 22.7. The normalized spacial score (nSPS) is 14.7. The third-order valence-electron chi connectivity index (χ3n) is 4.33. The lowest BCUT2D eigenvalue weighted by atomic mass is 9.96. The van der Waals surface area contributed by atoms with Crippen molar-refractivity contribution >= 4 is 23.6 Å². The molecule has 0 radical (unpaired) electrons. The minimum absolute atomic E-state index is 0.0440. The standard InChI is InChI=1S/C21H31N3O5/c1-21(2,3)29-20(27)23-14-19(26)24-17-6-4-16(5-7-17)13-22-18(25)12-15-8-10-28-11-9-15/h4-7,15H,8-14H2,1-3H3,(H,22,25)(H,23,27)(H,24,26). The van der Waals surface area contributed by atoms with E-state index in [1.165, 1.54) is 0 Å². The molecule has 0 aromatic heterocycles. The molecule has 3 amide bonds. The van der Waals surface area contributed by atoms with E-state index in [1.54, 1.807) is 32.9 Å². The summed E-state index contributed by atoms with van der Waals surface area (Å²) in [6, 6.07) is 7.19. The molecule has 1 aliphatic heterocycles. The first-order valence-corrected chi connectivity index (χ1v) is 9.91. The number of hydrogen-bond donors (Lipinski definition) is 3. The summed E-state index contributed by atoms with van der Waals surface area (Å²) < 4.78 is 10.4. The average Bonchev–Trinajstić information content (AvgIpc) is 2.65. The molecule has 1 aromatic carbocycles. The molecule has 1 aromatic rings. The van der Waals surface area contributed by atoms with Crippen LogP contribution in [-0.4, -0.2) is 43.3 Å². The molecular weight excluding hydrogens is 374 g/mol. The first-order valence-electron chi connectivity index (χ1n) is 9.91. The van der Waals surface area contributed by atoms with Crippen molar-refractivity contribution in [3.8, 4) is 0 Å². The Labute approximate surface area is 171 Å². The Balaban J connectivity index is 1.68. The smallest absolute Gasteiger partial charge is 0.408 e. The van der Waals surface area contributed by atoms with E-state index in [4.69, 9.17) is 9.47 Å². The van der Waals surface area contributed by atoms with Crippen LogP contribution in [-0.2, 0) is 25.6 Å². The van der Waals surface area contributed by atoms with Gasteiger partial charge in [0.1, 0.15) is 12.1 Å². The summed E-state index contributed by atoms with van der Waals surface area (Å²) in [7, 11) is 0. The highest BCUT2D eigenvalue weighted by Gasteiger charge is 2.18. The van der Waals surface area contributed by atoms with Crippen LogP contribution in [0.4, 0.5) is 10.5 Å². The Morgan fingerprint density at radius 2 is 1.69 bits per heavy atom. The van der Waals surface area contributed by atoms with E-state index in [9.17, 15) is 14.4 Å². The van der Waals surface area contributed by atoms with Crippen molar-refractivity contribution in [1.29, 1.82) is 0 Å². The molecule has 0 saturated carbocycles. The zero-order valence-electron chi connectivity index (χ0n) is 17.4.